The molecular weight excluding hydrogens is 402 g/mol. The lowest BCUT2D eigenvalue weighted by Crippen LogP contribution is -2.37. The third-order valence-corrected chi connectivity index (χ3v) is 6.32. The minimum atomic E-state index is -0.373. The van der Waals surface area contributed by atoms with E-state index in [-0.39, 0.29) is 11.9 Å². The maximum Gasteiger partial charge on any atom is 0.415 e. The molecule has 0 N–H and O–H groups in total. The normalized spacial score (nSPS) is 17.1. The number of Topliss-reactive ketones (excluding diaryl/α,β-unsaturated/α-hetero) is 1. The monoisotopic (exact) mass is 425 g/mol. The molecule has 2 heterocycles. The second kappa shape index (κ2) is 8.83. The minimum absolute atomic E-state index is 0.140. The number of benzene rings is 2. The first-order chi connectivity index (χ1) is 14.6. The van der Waals surface area contributed by atoms with Gasteiger partial charge in [-0.3, -0.25) is 4.79 Å². The molecular formula is C23H23NO5S. The Balaban J connectivity index is 1.63. The van der Waals surface area contributed by atoms with Gasteiger partial charge in [0.1, 0.15) is 17.2 Å². The Hall–Kier alpha value is -2.93. The Morgan fingerprint density at radius 1 is 0.967 bits per heavy atom. The molecule has 4 rings (SSSR count). The largest absolute Gasteiger partial charge is 0.497 e. The average Bonchev–Trinajstić information content (AvgIpc) is 3.12. The second-order valence-corrected chi connectivity index (χ2v) is 8.15. The molecule has 6 nitrogen and oxygen atoms in total. The molecule has 1 amide bonds. The van der Waals surface area contributed by atoms with Crippen LogP contribution in [0, 0.1) is 0 Å². The summed E-state index contributed by atoms with van der Waals surface area (Å²) < 4.78 is 16.3. The maximum atomic E-state index is 13.1. The molecule has 0 radical (unpaired) electrons. The summed E-state index contributed by atoms with van der Waals surface area (Å²) >= 11 is 1.30. The van der Waals surface area contributed by atoms with Crippen LogP contribution in [-0.2, 0) is 0 Å². The molecule has 0 aromatic heterocycles. The number of methoxy groups -OCH3 is 2. The van der Waals surface area contributed by atoms with Crippen molar-refractivity contribution in [1.29, 1.82) is 0 Å². The van der Waals surface area contributed by atoms with Crippen LogP contribution < -0.4 is 14.2 Å². The highest BCUT2D eigenvalue weighted by Crippen LogP contribution is 2.49. The van der Waals surface area contributed by atoms with Gasteiger partial charge < -0.3 is 19.1 Å². The fraction of sp³-hybridized carbons (Fsp3) is 0.304. The van der Waals surface area contributed by atoms with Gasteiger partial charge in [-0.15, -0.1) is 0 Å². The van der Waals surface area contributed by atoms with Crippen LogP contribution in [0.5, 0.6) is 17.2 Å². The first kappa shape index (κ1) is 20.3. The Morgan fingerprint density at radius 3 is 2.33 bits per heavy atom. The zero-order valence-electron chi connectivity index (χ0n) is 17.0. The summed E-state index contributed by atoms with van der Waals surface area (Å²) in [6.45, 7) is 1.40. The number of hydrogen-bond donors (Lipinski definition) is 0. The SMILES string of the molecule is COc1ccc(/C=C2\Sc3c(OC(=O)N4CCCCC4)ccc(OC)c3C2=O)cc1. The summed E-state index contributed by atoms with van der Waals surface area (Å²) in [6.07, 6.45) is 4.55. The molecule has 0 spiro atoms. The van der Waals surface area contributed by atoms with Crippen molar-refractivity contribution in [2.75, 3.05) is 27.3 Å². The third-order valence-electron chi connectivity index (χ3n) is 5.19. The van der Waals surface area contributed by atoms with Crippen molar-refractivity contribution >= 4 is 29.7 Å². The molecule has 2 aliphatic heterocycles. The van der Waals surface area contributed by atoms with E-state index in [2.05, 4.69) is 0 Å². The van der Waals surface area contributed by atoms with Gasteiger partial charge in [0, 0.05) is 13.1 Å². The van der Waals surface area contributed by atoms with E-state index in [9.17, 15) is 9.59 Å². The van der Waals surface area contributed by atoms with Gasteiger partial charge in [-0.05, 0) is 55.2 Å². The van der Waals surface area contributed by atoms with Crippen LogP contribution in [0.4, 0.5) is 4.79 Å². The lowest BCUT2D eigenvalue weighted by atomic mass is 10.1. The molecule has 0 saturated carbocycles. The quantitative estimate of drug-likeness (QED) is 0.641. The number of rotatable bonds is 4. The molecule has 0 bridgehead atoms. The van der Waals surface area contributed by atoms with Crippen LogP contribution in [0.25, 0.3) is 6.08 Å². The van der Waals surface area contributed by atoms with Gasteiger partial charge >= 0.3 is 6.09 Å². The van der Waals surface area contributed by atoms with E-state index in [1.165, 1.54) is 18.9 Å². The van der Waals surface area contributed by atoms with Gasteiger partial charge in [0.05, 0.1) is 29.6 Å². The lowest BCUT2D eigenvalue weighted by Gasteiger charge is -2.26. The molecule has 2 aromatic carbocycles. The number of carbonyl (C=O) groups is 2. The minimum Gasteiger partial charge on any atom is -0.497 e. The number of thioether (sulfide) groups is 1. The number of hydrogen-bond acceptors (Lipinski definition) is 6. The highest BCUT2D eigenvalue weighted by atomic mass is 32.2. The summed E-state index contributed by atoms with van der Waals surface area (Å²) in [5, 5.41) is 0. The standard InChI is InChI=1S/C23H23NO5S/c1-27-16-8-6-15(7-9-16)14-19-21(25)20-17(28-2)10-11-18(22(20)30-19)29-23(26)24-12-4-3-5-13-24/h6-11,14H,3-5,12-13H2,1-2H3/b19-14-. The Morgan fingerprint density at radius 2 is 1.67 bits per heavy atom. The number of ether oxygens (including phenoxy) is 3. The van der Waals surface area contributed by atoms with Crippen LogP contribution in [0.3, 0.4) is 0 Å². The Labute approximate surface area is 179 Å². The van der Waals surface area contributed by atoms with E-state index in [0.29, 0.717) is 40.0 Å². The van der Waals surface area contributed by atoms with Crippen molar-refractivity contribution in [2.45, 2.75) is 24.2 Å². The summed E-state index contributed by atoms with van der Waals surface area (Å²) in [7, 11) is 3.14. The van der Waals surface area contributed by atoms with Gasteiger partial charge in [0.15, 0.2) is 0 Å². The van der Waals surface area contributed by atoms with Crippen molar-refractivity contribution in [3.63, 3.8) is 0 Å². The molecule has 1 saturated heterocycles. The van der Waals surface area contributed by atoms with E-state index in [1.54, 1.807) is 24.1 Å². The number of amides is 1. The molecule has 2 aliphatic rings. The number of carbonyl (C=O) groups excluding carboxylic acids is 2. The molecule has 1 fully saturated rings. The van der Waals surface area contributed by atoms with Crippen molar-refractivity contribution in [3.05, 3.63) is 52.4 Å². The fourth-order valence-electron chi connectivity index (χ4n) is 3.57. The smallest absolute Gasteiger partial charge is 0.415 e. The van der Waals surface area contributed by atoms with E-state index in [0.717, 1.165) is 30.6 Å². The first-order valence-corrected chi connectivity index (χ1v) is 10.7. The van der Waals surface area contributed by atoms with Crippen molar-refractivity contribution < 1.29 is 23.8 Å². The van der Waals surface area contributed by atoms with Crippen LogP contribution >= 0.6 is 11.8 Å². The number of allylic oxidation sites excluding steroid dienone is 1. The third kappa shape index (κ3) is 4.03. The van der Waals surface area contributed by atoms with Crippen LogP contribution in [0.1, 0.15) is 35.2 Å². The summed E-state index contributed by atoms with van der Waals surface area (Å²) in [6, 6.07) is 10.8. The Kier molecular flexibility index (Phi) is 5.99. The van der Waals surface area contributed by atoms with Gasteiger partial charge in [-0.1, -0.05) is 23.9 Å². The van der Waals surface area contributed by atoms with Crippen molar-refractivity contribution in [2.24, 2.45) is 0 Å². The van der Waals surface area contributed by atoms with Gasteiger partial charge in [0.2, 0.25) is 5.78 Å². The van der Waals surface area contributed by atoms with Crippen LogP contribution in [0.2, 0.25) is 0 Å². The number of ketones is 1. The number of nitrogens with zero attached hydrogens (tertiary/aromatic N) is 1. The van der Waals surface area contributed by atoms with E-state index >= 15 is 0 Å². The second-order valence-electron chi connectivity index (χ2n) is 7.10. The van der Waals surface area contributed by atoms with Crippen LogP contribution in [0.15, 0.2) is 46.2 Å². The average molecular weight is 426 g/mol. The highest BCUT2D eigenvalue weighted by molar-refractivity contribution is 8.05. The predicted molar refractivity (Wildman–Crippen MR) is 116 cm³/mol. The lowest BCUT2D eigenvalue weighted by molar-refractivity contribution is 0.103. The number of piperidine rings is 1. The van der Waals surface area contributed by atoms with Crippen molar-refractivity contribution in [1.82, 2.24) is 4.90 Å². The first-order valence-electron chi connectivity index (χ1n) is 9.86. The zero-order chi connectivity index (χ0) is 21.1. The molecule has 156 valence electrons. The molecule has 30 heavy (non-hydrogen) atoms. The number of likely N-dealkylation sites (tertiary alicyclic amines) is 1. The van der Waals surface area contributed by atoms with Gasteiger partial charge in [-0.25, -0.2) is 4.79 Å². The molecule has 0 unspecified atom stereocenters. The fourth-order valence-corrected chi connectivity index (χ4v) is 4.69. The number of fused-ring (bicyclic) bond motifs is 1. The highest BCUT2D eigenvalue weighted by Gasteiger charge is 2.33. The molecule has 2 aromatic rings. The van der Waals surface area contributed by atoms with Gasteiger partial charge in [0.25, 0.3) is 0 Å². The molecule has 0 aliphatic carbocycles. The molecule has 7 heteroatoms. The van der Waals surface area contributed by atoms with Crippen molar-refractivity contribution in [3.8, 4) is 17.2 Å². The maximum absolute atomic E-state index is 13.1. The van der Waals surface area contributed by atoms with Gasteiger partial charge in [-0.2, -0.15) is 0 Å². The van der Waals surface area contributed by atoms with E-state index in [1.807, 2.05) is 30.3 Å². The van der Waals surface area contributed by atoms with Crippen LogP contribution in [-0.4, -0.2) is 44.1 Å². The zero-order valence-corrected chi connectivity index (χ0v) is 17.8. The topological polar surface area (TPSA) is 65.1 Å². The molecule has 0 atom stereocenters. The van der Waals surface area contributed by atoms with E-state index in [4.69, 9.17) is 14.2 Å². The summed E-state index contributed by atoms with van der Waals surface area (Å²) in [4.78, 5) is 28.6. The summed E-state index contributed by atoms with van der Waals surface area (Å²) in [5.74, 6) is 1.47. The summed E-state index contributed by atoms with van der Waals surface area (Å²) in [5.41, 5.74) is 1.32. The van der Waals surface area contributed by atoms with E-state index < -0.39 is 0 Å². The predicted octanol–water partition coefficient (Wildman–Crippen LogP) is 5.02. The Bertz CT molecular complexity index is 993.